The molecule has 180 valence electrons. The van der Waals surface area contributed by atoms with Gasteiger partial charge in [0.2, 0.25) is 0 Å². The third-order valence-electron chi connectivity index (χ3n) is 5.50. The molecular formula is C24H24F4N4O2. The monoisotopic (exact) mass is 476 g/mol. The molecule has 10 heteroatoms. The number of hydrogen-bond donors (Lipinski definition) is 0. The Hall–Kier alpha value is -3.43. The van der Waals surface area contributed by atoms with E-state index in [4.69, 9.17) is 4.74 Å². The topological polar surface area (TPSA) is 60.2 Å². The molecular weight excluding hydrogens is 452 g/mol. The van der Waals surface area contributed by atoms with Crippen LogP contribution in [0.25, 0.3) is 22.4 Å². The third-order valence-corrected chi connectivity index (χ3v) is 5.50. The van der Waals surface area contributed by atoms with E-state index in [-0.39, 0.29) is 23.8 Å². The Balaban J connectivity index is 1.84. The Kier molecular flexibility index (Phi) is 5.87. The van der Waals surface area contributed by atoms with E-state index in [1.165, 1.54) is 0 Å². The number of benzene rings is 1. The van der Waals surface area contributed by atoms with Gasteiger partial charge in [-0.2, -0.15) is 18.3 Å². The van der Waals surface area contributed by atoms with Crippen LogP contribution in [0.1, 0.15) is 39.0 Å². The van der Waals surface area contributed by atoms with Crippen molar-refractivity contribution in [3.8, 4) is 22.4 Å². The Morgan fingerprint density at radius 1 is 1.12 bits per heavy atom. The van der Waals surface area contributed by atoms with Crippen LogP contribution in [0.5, 0.6) is 0 Å². The molecule has 1 aliphatic heterocycles. The Morgan fingerprint density at radius 2 is 1.79 bits per heavy atom. The van der Waals surface area contributed by atoms with Gasteiger partial charge in [-0.25, -0.2) is 9.18 Å². The van der Waals surface area contributed by atoms with E-state index in [9.17, 15) is 22.4 Å². The highest BCUT2D eigenvalue weighted by Gasteiger charge is 2.36. The van der Waals surface area contributed by atoms with Crippen molar-refractivity contribution in [1.29, 1.82) is 0 Å². The van der Waals surface area contributed by atoms with Crippen LogP contribution in [0.4, 0.5) is 22.4 Å². The van der Waals surface area contributed by atoms with Crippen molar-refractivity contribution in [3.63, 3.8) is 0 Å². The molecule has 2 aromatic heterocycles. The summed E-state index contributed by atoms with van der Waals surface area (Å²) >= 11 is 0. The number of halogens is 4. The van der Waals surface area contributed by atoms with Crippen LogP contribution in [-0.4, -0.2) is 37.4 Å². The van der Waals surface area contributed by atoms with Gasteiger partial charge in [-0.1, -0.05) is 0 Å². The summed E-state index contributed by atoms with van der Waals surface area (Å²) in [6, 6.07) is 5.55. The molecule has 34 heavy (non-hydrogen) atoms. The molecule has 0 spiro atoms. The van der Waals surface area contributed by atoms with Gasteiger partial charge in [0, 0.05) is 23.5 Å². The maximum Gasteiger partial charge on any atom is 0.416 e. The highest BCUT2D eigenvalue weighted by Crippen LogP contribution is 2.40. The van der Waals surface area contributed by atoms with Gasteiger partial charge in [0.25, 0.3) is 0 Å². The SMILES string of the molecule is C[C@@H]1Cn2nc(-c3ccc(C(F)(F)F)cc3F)c(-c3ccncc3)c2CN1C(=O)OC(C)(C)C. The average Bonchev–Trinajstić information content (AvgIpc) is 3.09. The van der Waals surface area contributed by atoms with Crippen molar-refractivity contribution in [1.82, 2.24) is 19.7 Å². The first-order chi connectivity index (χ1) is 15.8. The minimum atomic E-state index is -4.66. The molecule has 3 heterocycles. The van der Waals surface area contributed by atoms with Crippen molar-refractivity contribution in [2.45, 2.75) is 58.6 Å². The fraction of sp³-hybridized carbons (Fsp3) is 0.375. The summed E-state index contributed by atoms with van der Waals surface area (Å²) in [6.07, 6.45) is -2.04. The molecule has 0 N–H and O–H groups in total. The quantitative estimate of drug-likeness (QED) is 0.432. The van der Waals surface area contributed by atoms with Crippen LogP contribution in [-0.2, 0) is 24.0 Å². The van der Waals surface area contributed by atoms with Gasteiger partial charge in [0.15, 0.2) is 0 Å². The molecule has 0 unspecified atom stereocenters. The molecule has 0 bridgehead atoms. The van der Waals surface area contributed by atoms with Gasteiger partial charge in [-0.15, -0.1) is 0 Å². The summed E-state index contributed by atoms with van der Waals surface area (Å²) in [7, 11) is 0. The van der Waals surface area contributed by atoms with Crippen LogP contribution in [0.3, 0.4) is 0 Å². The normalized spacial score (nSPS) is 16.4. The second-order valence-corrected chi connectivity index (χ2v) is 9.24. The van der Waals surface area contributed by atoms with E-state index in [0.29, 0.717) is 29.4 Å². The van der Waals surface area contributed by atoms with Crippen molar-refractivity contribution in [2.75, 3.05) is 0 Å². The fourth-order valence-electron chi connectivity index (χ4n) is 3.93. The van der Waals surface area contributed by atoms with E-state index in [2.05, 4.69) is 10.1 Å². The molecule has 1 amide bonds. The molecule has 3 aromatic rings. The zero-order valence-corrected chi connectivity index (χ0v) is 19.2. The van der Waals surface area contributed by atoms with Crippen molar-refractivity contribution >= 4 is 6.09 Å². The van der Waals surface area contributed by atoms with Crippen LogP contribution < -0.4 is 0 Å². The lowest BCUT2D eigenvalue weighted by molar-refractivity contribution is -0.137. The molecule has 0 radical (unpaired) electrons. The number of ether oxygens (including phenoxy) is 1. The molecule has 0 saturated carbocycles. The number of carbonyl (C=O) groups is 1. The lowest BCUT2D eigenvalue weighted by Gasteiger charge is -2.35. The average molecular weight is 476 g/mol. The highest BCUT2D eigenvalue weighted by molar-refractivity contribution is 5.83. The van der Waals surface area contributed by atoms with Crippen molar-refractivity contribution in [2.24, 2.45) is 0 Å². The van der Waals surface area contributed by atoms with Crippen LogP contribution in [0.2, 0.25) is 0 Å². The summed E-state index contributed by atoms with van der Waals surface area (Å²) in [6.45, 7) is 7.63. The number of amides is 1. The maximum atomic E-state index is 14.9. The van der Waals surface area contributed by atoms with Crippen LogP contribution in [0, 0.1) is 5.82 Å². The number of carbonyl (C=O) groups excluding carboxylic acids is 1. The molecule has 0 saturated heterocycles. The second kappa shape index (κ2) is 8.41. The molecule has 0 aliphatic carbocycles. The molecule has 1 aromatic carbocycles. The Morgan fingerprint density at radius 3 is 2.38 bits per heavy atom. The van der Waals surface area contributed by atoms with E-state index in [1.807, 2.05) is 6.92 Å². The largest absolute Gasteiger partial charge is 0.444 e. The zero-order valence-electron chi connectivity index (χ0n) is 19.2. The van der Waals surface area contributed by atoms with E-state index in [0.717, 1.165) is 12.1 Å². The van der Waals surface area contributed by atoms with Gasteiger partial charge in [-0.3, -0.25) is 14.6 Å². The number of nitrogens with zero attached hydrogens (tertiary/aromatic N) is 4. The predicted molar refractivity (Wildman–Crippen MR) is 117 cm³/mol. The standard InChI is InChI=1S/C24H24F4N4O2/c1-14-12-32-19(13-31(14)22(33)34-23(2,3)4)20(15-7-9-29-10-8-15)21(30-32)17-6-5-16(11-18(17)25)24(26,27)28/h5-11,14H,12-13H2,1-4H3/t14-/m1/s1. The molecule has 1 atom stereocenters. The Bertz CT molecular complexity index is 1220. The first-order valence-electron chi connectivity index (χ1n) is 10.7. The number of alkyl halides is 3. The number of pyridine rings is 1. The third kappa shape index (κ3) is 4.62. The summed E-state index contributed by atoms with van der Waals surface area (Å²) in [5, 5.41) is 4.57. The van der Waals surface area contributed by atoms with Gasteiger partial charge in [-0.05, 0) is 63.6 Å². The van der Waals surface area contributed by atoms with E-state index in [1.54, 1.807) is 54.9 Å². The van der Waals surface area contributed by atoms with Crippen molar-refractivity contribution in [3.05, 3.63) is 59.8 Å². The number of hydrogen-bond acceptors (Lipinski definition) is 4. The lowest BCUT2D eigenvalue weighted by Crippen LogP contribution is -2.47. The summed E-state index contributed by atoms with van der Waals surface area (Å²) in [4.78, 5) is 18.4. The van der Waals surface area contributed by atoms with Gasteiger partial charge >= 0.3 is 12.3 Å². The summed E-state index contributed by atoms with van der Waals surface area (Å²) in [5.74, 6) is -1.03. The maximum absolute atomic E-state index is 14.9. The molecule has 4 rings (SSSR count). The molecule has 1 aliphatic rings. The lowest BCUT2D eigenvalue weighted by atomic mass is 9.97. The van der Waals surface area contributed by atoms with Crippen LogP contribution >= 0.6 is 0 Å². The van der Waals surface area contributed by atoms with Crippen LogP contribution in [0.15, 0.2) is 42.7 Å². The second-order valence-electron chi connectivity index (χ2n) is 9.24. The first kappa shape index (κ1) is 23.7. The minimum absolute atomic E-state index is 0.0572. The smallest absolute Gasteiger partial charge is 0.416 e. The van der Waals surface area contributed by atoms with Gasteiger partial charge in [0.05, 0.1) is 30.4 Å². The molecule has 6 nitrogen and oxygen atoms in total. The number of fused-ring (bicyclic) bond motifs is 1. The molecule has 0 fully saturated rings. The fourth-order valence-corrected chi connectivity index (χ4v) is 3.93. The van der Waals surface area contributed by atoms with E-state index >= 15 is 0 Å². The predicted octanol–water partition coefficient (Wildman–Crippen LogP) is 5.91. The minimum Gasteiger partial charge on any atom is -0.444 e. The summed E-state index contributed by atoms with van der Waals surface area (Å²) < 4.78 is 61.4. The van der Waals surface area contributed by atoms with E-state index < -0.39 is 29.3 Å². The summed E-state index contributed by atoms with van der Waals surface area (Å²) in [5.41, 5.74) is 0.198. The van der Waals surface area contributed by atoms with Gasteiger partial charge < -0.3 is 4.74 Å². The van der Waals surface area contributed by atoms with Gasteiger partial charge in [0.1, 0.15) is 17.1 Å². The Labute approximate surface area is 194 Å². The first-order valence-corrected chi connectivity index (χ1v) is 10.7. The number of aromatic nitrogens is 3. The highest BCUT2D eigenvalue weighted by atomic mass is 19.4. The zero-order chi connectivity index (χ0) is 24.8. The number of rotatable bonds is 2. The van der Waals surface area contributed by atoms with Crippen molar-refractivity contribution < 1.29 is 27.1 Å².